The number of esters is 2. The number of nitrogens with zero attached hydrogens (tertiary/aromatic N) is 2. The molecular formula is C11H10N2O5S. The molecule has 0 spiro atoms. The van der Waals surface area contributed by atoms with Crippen molar-refractivity contribution in [2.24, 2.45) is 0 Å². The molecule has 2 heterocycles. The van der Waals surface area contributed by atoms with Gasteiger partial charge >= 0.3 is 11.9 Å². The Morgan fingerprint density at radius 2 is 1.95 bits per heavy atom. The van der Waals surface area contributed by atoms with Crippen LogP contribution in [-0.2, 0) is 9.47 Å². The molecule has 0 fully saturated rings. The molecule has 0 saturated heterocycles. The molecule has 8 heteroatoms. The van der Waals surface area contributed by atoms with Gasteiger partial charge in [0.05, 0.1) is 25.4 Å². The highest BCUT2D eigenvalue weighted by molar-refractivity contribution is 7.14. The zero-order chi connectivity index (χ0) is 14.0. The van der Waals surface area contributed by atoms with Crippen LogP contribution in [0.15, 0.2) is 10.6 Å². The largest absolute Gasteiger partial charge is 0.464 e. The summed E-state index contributed by atoms with van der Waals surface area (Å²) >= 11 is 1.33. The summed E-state index contributed by atoms with van der Waals surface area (Å²) in [5.41, 5.74) is -0.213. The fourth-order valence-electron chi connectivity index (χ4n) is 1.35. The Hall–Kier alpha value is -2.22. The standard InChI is InChI=1S/C11H10N2O5S/c1-5-12-4-6(19-5)9-13-7(10(14)16-2)8(18-9)11(15)17-3/h4H,1-3H3. The molecule has 0 aromatic carbocycles. The number of carbonyl (C=O) groups is 2. The molecule has 0 radical (unpaired) electrons. The van der Waals surface area contributed by atoms with Crippen LogP contribution in [0.4, 0.5) is 0 Å². The van der Waals surface area contributed by atoms with Crippen LogP contribution >= 0.6 is 11.3 Å². The summed E-state index contributed by atoms with van der Waals surface area (Å²) in [6.07, 6.45) is 1.55. The molecule has 0 bridgehead atoms. The van der Waals surface area contributed by atoms with E-state index in [-0.39, 0.29) is 17.3 Å². The summed E-state index contributed by atoms with van der Waals surface area (Å²) in [6.45, 7) is 1.82. The molecule has 0 aliphatic rings. The van der Waals surface area contributed by atoms with Crippen LogP contribution in [0.1, 0.15) is 26.1 Å². The third-order valence-electron chi connectivity index (χ3n) is 2.21. The second-order valence-corrected chi connectivity index (χ2v) is 4.66. The Morgan fingerprint density at radius 1 is 1.26 bits per heavy atom. The number of hydrogen-bond donors (Lipinski definition) is 0. The van der Waals surface area contributed by atoms with Crippen molar-refractivity contribution in [1.29, 1.82) is 0 Å². The maximum atomic E-state index is 11.5. The highest BCUT2D eigenvalue weighted by Crippen LogP contribution is 2.27. The fourth-order valence-corrected chi connectivity index (χ4v) is 2.06. The van der Waals surface area contributed by atoms with Crippen molar-refractivity contribution in [3.63, 3.8) is 0 Å². The van der Waals surface area contributed by atoms with Crippen molar-refractivity contribution in [3.8, 4) is 10.8 Å². The first-order chi connectivity index (χ1) is 9.06. The summed E-state index contributed by atoms with van der Waals surface area (Å²) in [5.74, 6) is -1.71. The molecule has 19 heavy (non-hydrogen) atoms. The summed E-state index contributed by atoms with van der Waals surface area (Å²) in [4.78, 5) is 31.7. The smallest absolute Gasteiger partial charge is 0.376 e. The Bertz CT molecular complexity index is 597. The van der Waals surface area contributed by atoms with E-state index in [9.17, 15) is 9.59 Å². The summed E-state index contributed by atoms with van der Waals surface area (Å²) in [7, 11) is 2.37. The second-order valence-electron chi connectivity index (χ2n) is 3.42. The maximum Gasteiger partial charge on any atom is 0.376 e. The van der Waals surface area contributed by atoms with E-state index >= 15 is 0 Å². The van der Waals surface area contributed by atoms with E-state index < -0.39 is 11.9 Å². The summed E-state index contributed by atoms with van der Waals surface area (Å²) < 4.78 is 14.4. The molecule has 0 saturated carbocycles. The van der Waals surface area contributed by atoms with Crippen molar-refractivity contribution >= 4 is 23.3 Å². The molecule has 0 N–H and O–H groups in total. The lowest BCUT2D eigenvalue weighted by molar-refractivity contribution is 0.0527. The number of aromatic nitrogens is 2. The van der Waals surface area contributed by atoms with Crippen LogP contribution in [0.2, 0.25) is 0 Å². The highest BCUT2D eigenvalue weighted by Gasteiger charge is 2.27. The van der Waals surface area contributed by atoms with Gasteiger partial charge in [-0.2, -0.15) is 0 Å². The van der Waals surface area contributed by atoms with Crippen molar-refractivity contribution in [1.82, 2.24) is 9.97 Å². The van der Waals surface area contributed by atoms with Crippen LogP contribution in [0.5, 0.6) is 0 Å². The minimum absolute atomic E-state index is 0.131. The predicted octanol–water partition coefficient (Wildman–Crippen LogP) is 1.68. The van der Waals surface area contributed by atoms with Gasteiger partial charge in [-0.05, 0) is 6.92 Å². The number of aryl methyl sites for hydroxylation is 1. The van der Waals surface area contributed by atoms with Crippen LogP contribution < -0.4 is 0 Å². The van der Waals surface area contributed by atoms with Crippen LogP contribution in [0, 0.1) is 6.92 Å². The predicted molar refractivity (Wildman–Crippen MR) is 65.0 cm³/mol. The van der Waals surface area contributed by atoms with E-state index in [1.165, 1.54) is 25.6 Å². The van der Waals surface area contributed by atoms with Crippen molar-refractivity contribution in [3.05, 3.63) is 22.7 Å². The lowest BCUT2D eigenvalue weighted by Gasteiger charge is -1.96. The number of carbonyl (C=O) groups excluding carboxylic acids is 2. The molecule has 2 rings (SSSR count). The maximum absolute atomic E-state index is 11.5. The van der Waals surface area contributed by atoms with Crippen molar-refractivity contribution in [2.45, 2.75) is 6.92 Å². The third kappa shape index (κ3) is 2.48. The molecule has 2 aromatic rings. The molecule has 2 aromatic heterocycles. The Labute approximate surface area is 112 Å². The summed E-state index contributed by atoms with van der Waals surface area (Å²) in [5, 5.41) is 0.812. The van der Waals surface area contributed by atoms with Crippen LogP contribution in [0.3, 0.4) is 0 Å². The minimum atomic E-state index is -0.791. The van der Waals surface area contributed by atoms with E-state index in [4.69, 9.17) is 4.42 Å². The molecule has 100 valence electrons. The van der Waals surface area contributed by atoms with E-state index in [1.54, 1.807) is 6.20 Å². The van der Waals surface area contributed by atoms with Crippen LogP contribution in [0.25, 0.3) is 10.8 Å². The number of rotatable bonds is 3. The first kappa shape index (κ1) is 13.2. The van der Waals surface area contributed by atoms with Crippen molar-refractivity contribution < 1.29 is 23.5 Å². The van der Waals surface area contributed by atoms with E-state index in [1.807, 2.05) is 6.92 Å². The van der Waals surface area contributed by atoms with Gasteiger partial charge in [0.15, 0.2) is 0 Å². The Kier molecular flexibility index (Phi) is 3.61. The van der Waals surface area contributed by atoms with Crippen LogP contribution in [-0.4, -0.2) is 36.1 Å². The SMILES string of the molecule is COC(=O)c1nc(-c2cnc(C)s2)oc1C(=O)OC. The van der Waals surface area contributed by atoms with Gasteiger partial charge in [0.1, 0.15) is 4.88 Å². The number of methoxy groups -OCH3 is 2. The van der Waals surface area contributed by atoms with E-state index in [0.717, 1.165) is 5.01 Å². The highest BCUT2D eigenvalue weighted by atomic mass is 32.1. The Balaban J connectivity index is 2.51. The first-order valence-electron chi connectivity index (χ1n) is 5.17. The zero-order valence-electron chi connectivity index (χ0n) is 10.4. The lowest BCUT2D eigenvalue weighted by Crippen LogP contribution is -2.10. The monoisotopic (exact) mass is 282 g/mol. The number of oxazole rings is 1. The average molecular weight is 282 g/mol. The molecule has 0 aliphatic heterocycles. The van der Waals surface area contributed by atoms with Gasteiger partial charge in [0, 0.05) is 0 Å². The van der Waals surface area contributed by atoms with Gasteiger partial charge < -0.3 is 13.9 Å². The third-order valence-corrected chi connectivity index (χ3v) is 3.11. The topological polar surface area (TPSA) is 91.5 Å². The molecular weight excluding hydrogens is 272 g/mol. The number of thiazole rings is 1. The summed E-state index contributed by atoms with van der Waals surface area (Å²) in [6, 6.07) is 0. The average Bonchev–Trinajstić information content (AvgIpc) is 3.02. The fraction of sp³-hybridized carbons (Fsp3) is 0.273. The molecule has 0 atom stereocenters. The molecule has 0 amide bonds. The van der Waals surface area contributed by atoms with Gasteiger partial charge in [0.25, 0.3) is 0 Å². The second kappa shape index (κ2) is 5.19. The van der Waals surface area contributed by atoms with E-state index in [2.05, 4.69) is 19.4 Å². The lowest BCUT2D eigenvalue weighted by atomic mass is 10.3. The first-order valence-corrected chi connectivity index (χ1v) is 5.98. The zero-order valence-corrected chi connectivity index (χ0v) is 11.2. The van der Waals surface area contributed by atoms with Crippen molar-refractivity contribution in [2.75, 3.05) is 14.2 Å². The molecule has 0 aliphatic carbocycles. The number of ether oxygens (including phenoxy) is 2. The van der Waals surface area contributed by atoms with Gasteiger partial charge in [0.2, 0.25) is 17.3 Å². The Morgan fingerprint density at radius 3 is 2.47 bits per heavy atom. The minimum Gasteiger partial charge on any atom is -0.464 e. The normalized spacial score (nSPS) is 10.3. The quantitative estimate of drug-likeness (QED) is 0.791. The number of hydrogen-bond acceptors (Lipinski definition) is 8. The van der Waals surface area contributed by atoms with Gasteiger partial charge in [-0.1, -0.05) is 0 Å². The molecule has 0 unspecified atom stereocenters. The molecule has 7 nitrogen and oxygen atoms in total. The van der Waals surface area contributed by atoms with Gasteiger partial charge in [-0.25, -0.2) is 19.6 Å². The van der Waals surface area contributed by atoms with Gasteiger partial charge in [-0.15, -0.1) is 11.3 Å². The van der Waals surface area contributed by atoms with E-state index in [0.29, 0.717) is 4.88 Å². The van der Waals surface area contributed by atoms with Gasteiger partial charge in [-0.3, -0.25) is 0 Å².